The van der Waals surface area contributed by atoms with Gasteiger partial charge in [-0.05, 0) is 5.16 Å². The van der Waals surface area contributed by atoms with Crippen molar-refractivity contribution in [2.24, 2.45) is 0 Å². The number of Topliss-reactive ketones (excluding diaryl/α,β-unsaturated/α-hetero) is 1. The highest BCUT2D eigenvalue weighted by atomic mass is 16.6. The highest BCUT2D eigenvalue weighted by molar-refractivity contribution is 5.91. The molecule has 42 valence electrons. The van der Waals surface area contributed by atoms with Crippen LogP contribution in [0.3, 0.4) is 0 Å². The molecule has 0 N–H and O–H groups in total. The first-order chi connectivity index (χ1) is 3.80. The van der Waals surface area contributed by atoms with Gasteiger partial charge in [0.05, 0.1) is 0 Å². The van der Waals surface area contributed by atoms with Crippen molar-refractivity contribution in [2.75, 3.05) is 0 Å². The van der Waals surface area contributed by atoms with Crippen molar-refractivity contribution in [3.05, 3.63) is 11.9 Å². The fourth-order valence-electron chi connectivity index (χ4n) is 0.320. The van der Waals surface area contributed by atoms with Crippen molar-refractivity contribution < 1.29 is 9.42 Å². The fourth-order valence-corrected chi connectivity index (χ4v) is 0.320. The van der Waals surface area contributed by atoms with Gasteiger partial charge in [-0.2, -0.15) is 0 Å². The van der Waals surface area contributed by atoms with Gasteiger partial charge in [-0.3, -0.25) is 4.79 Å². The molecule has 0 aliphatic heterocycles. The van der Waals surface area contributed by atoms with Gasteiger partial charge in [-0.25, -0.2) is 4.63 Å². The van der Waals surface area contributed by atoms with Crippen LogP contribution in [-0.4, -0.2) is 16.1 Å². The van der Waals surface area contributed by atoms with Gasteiger partial charge < -0.3 is 0 Å². The molecule has 0 spiro atoms. The summed E-state index contributed by atoms with van der Waals surface area (Å²) in [6.45, 7) is 1.40. The van der Waals surface area contributed by atoms with Crippen LogP contribution < -0.4 is 0 Å². The third kappa shape index (κ3) is 0.726. The smallest absolute Gasteiger partial charge is 0.183 e. The molecule has 0 aliphatic rings. The van der Waals surface area contributed by atoms with E-state index < -0.39 is 0 Å². The summed E-state index contributed by atoms with van der Waals surface area (Å²) < 4.78 is 4.15. The molecule has 0 aromatic carbocycles. The van der Waals surface area contributed by atoms with Crippen molar-refractivity contribution >= 4 is 5.78 Å². The van der Waals surface area contributed by atoms with Crippen molar-refractivity contribution in [3.8, 4) is 0 Å². The summed E-state index contributed by atoms with van der Waals surface area (Å²) in [6, 6.07) is 0. The monoisotopic (exact) mass is 112 g/mol. The van der Waals surface area contributed by atoms with Gasteiger partial charge in [0, 0.05) is 6.92 Å². The maximum atomic E-state index is 10.3. The first kappa shape index (κ1) is 4.96. The Balaban J connectivity index is 2.93. The van der Waals surface area contributed by atoms with E-state index in [2.05, 4.69) is 14.9 Å². The lowest BCUT2D eigenvalue weighted by molar-refractivity contribution is 0.100. The van der Waals surface area contributed by atoms with Crippen molar-refractivity contribution in [2.45, 2.75) is 6.92 Å². The molecule has 0 aliphatic carbocycles. The first-order valence-corrected chi connectivity index (χ1v) is 2.09. The van der Waals surface area contributed by atoms with E-state index in [1.165, 1.54) is 13.1 Å². The van der Waals surface area contributed by atoms with Crippen LogP contribution in [0.1, 0.15) is 17.4 Å². The highest BCUT2D eigenvalue weighted by Gasteiger charge is 2.00. The Morgan fingerprint density at radius 1 is 1.88 bits per heavy atom. The Hall–Kier alpha value is -1.19. The minimum atomic E-state index is -0.133. The van der Waals surface area contributed by atoms with Crippen LogP contribution in [0.5, 0.6) is 0 Å². The van der Waals surface area contributed by atoms with Gasteiger partial charge >= 0.3 is 0 Å². The number of hydrogen-bond acceptors (Lipinski definition) is 4. The minimum Gasteiger partial charge on any atom is -0.293 e. The van der Waals surface area contributed by atoms with Crippen molar-refractivity contribution in [1.82, 2.24) is 10.3 Å². The zero-order valence-electron chi connectivity index (χ0n) is 4.29. The number of aromatic nitrogens is 2. The van der Waals surface area contributed by atoms with Crippen LogP contribution in [0.25, 0.3) is 0 Å². The Bertz CT molecular complexity index is 180. The zero-order chi connectivity index (χ0) is 5.98. The molecule has 0 bridgehead atoms. The molecule has 0 radical (unpaired) electrons. The van der Waals surface area contributed by atoms with Gasteiger partial charge in [0.25, 0.3) is 0 Å². The molecule has 0 amide bonds. The van der Waals surface area contributed by atoms with E-state index in [-0.39, 0.29) is 11.5 Å². The van der Waals surface area contributed by atoms with E-state index in [1.807, 2.05) is 0 Å². The van der Waals surface area contributed by atoms with Gasteiger partial charge in [0.1, 0.15) is 6.20 Å². The SMILES string of the molecule is CC(=O)c1cnon1. The molecule has 4 heteroatoms. The summed E-state index contributed by atoms with van der Waals surface area (Å²) in [6.07, 6.45) is 1.28. The maximum Gasteiger partial charge on any atom is 0.183 e. The second-order valence-corrected chi connectivity index (χ2v) is 1.35. The quantitative estimate of drug-likeness (QED) is 0.489. The lowest BCUT2D eigenvalue weighted by Crippen LogP contribution is -1.89. The fraction of sp³-hybridized carbons (Fsp3) is 0.250. The Kier molecular flexibility index (Phi) is 1.07. The van der Waals surface area contributed by atoms with Crippen LogP contribution in [0, 0.1) is 0 Å². The van der Waals surface area contributed by atoms with Crippen LogP contribution in [0.15, 0.2) is 10.8 Å². The van der Waals surface area contributed by atoms with E-state index in [0.717, 1.165) is 0 Å². The maximum absolute atomic E-state index is 10.3. The zero-order valence-corrected chi connectivity index (χ0v) is 4.29. The normalized spacial score (nSPS) is 9.12. The third-order valence-corrected chi connectivity index (χ3v) is 0.722. The molecular weight excluding hydrogens is 108 g/mol. The standard InChI is InChI=1S/C4H4N2O2/c1-3(7)4-2-5-8-6-4/h2H,1H3. The average molecular weight is 112 g/mol. The second kappa shape index (κ2) is 1.73. The number of ketones is 1. The number of rotatable bonds is 1. The lowest BCUT2D eigenvalue weighted by Gasteiger charge is -1.74. The Morgan fingerprint density at radius 2 is 2.62 bits per heavy atom. The molecule has 4 nitrogen and oxygen atoms in total. The van der Waals surface area contributed by atoms with Crippen LogP contribution in [0.4, 0.5) is 0 Å². The van der Waals surface area contributed by atoms with E-state index in [4.69, 9.17) is 0 Å². The average Bonchev–Trinajstić information content (AvgIpc) is 2.12. The Labute approximate surface area is 45.5 Å². The summed E-state index contributed by atoms with van der Waals surface area (Å²) in [5.74, 6) is -0.133. The number of carbonyl (C=O) groups excluding carboxylic acids is 1. The van der Waals surface area contributed by atoms with E-state index in [9.17, 15) is 4.79 Å². The Morgan fingerprint density at radius 3 is 2.88 bits per heavy atom. The van der Waals surface area contributed by atoms with Crippen LogP contribution in [-0.2, 0) is 0 Å². The van der Waals surface area contributed by atoms with E-state index in [1.54, 1.807) is 0 Å². The van der Waals surface area contributed by atoms with E-state index >= 15 is 0 Å². The molecule has 1 rings (SSSR count). The van der Waals surface area contributed by atoms with Gasteiger partial charge in [0.2, 0.25) is 0 Å². The number of nitrogens with zero attached hydrogens (tertiary/aromatic N) is 2. The summed E-state index contributed by atoms with van der Waals surface area (Å²) in [5, 5.41) is 6.52. The molecule has 0 atom stereocenters. The number of hydrogen-bond donors (Lipinski definition) is 0. The number of carbonyl (C=O) groups is 1. The molecule has 0 saturated heterocycles. The van der Waals surface area contributed by atoms with Gasteiger partial charge in [0.15, 0.2) is 11.5 Å². The minimum absolute atomic E-state index is 0.133. The predicted molar refractivity (Wildman–Crippen MR) is 24.3 cm³/mol. The summed E-state index contributed by atoms with van der Waals surface area (Å²) >= 11 is 0. The molecule has 1 aromatic rings. The van der Waals surface area contributed by atoms with Crippen LogP contribution in [0.2, 0.25) is 0 Å². The molecule has 0 fully saturated rings. The molecule has 1 aromatic heterocycles. The summed E-state index contributed by atoms with van der Waals surface area (Å²) in [5.41, 5.74) is 0.269. The van der Waals surface area contributed by atoms with Crippen molar-refractivity contribution in [1.29, 1.82) is 0 Å². The third-order valence-electron chi connectivity index (χ3n) is 0.722. The summed E-state index contributed by atoms with van der Waals surface area (Å²) in [7, 11) is 0. The second-order valence-electron chi connectivity index (χ2n) is 1.35. The summed E-state index contributed by atoms with van der Waals surface area (Å²) in [4.78, 5) is 10.3. The molecular formula is C4H4N2O2. The lowest BCUT2D eigenvalue weighted by atomic mass is 10.3. The van der Waals surface area contributed by atoms with Crippen LogP contribution >= 0.6 is 0 Å². The first-order valence-electron chi connectivity index (χ1n) is 2.09. The van der Waals surface area contributed by atoms with Gasteiger partial charge in [-0.1, -0.05) is 5.16 Å². The molecule has 8 heavy (non-hydrogen) atoms. The largest absolute Gasteiger partial charge is 0.293 e. The molecule has 0 saturated carbocycles. The molecule has 1 heterocycles. The predicted octanol–water partition coefficient (Wildman–Crippen LogP) is 0.272. The highest BCUT2D eigenvalue weighted by Crippen LogP contribution is 1.89. The van der Waals surface area contributed by atoms with Crippen molar-refractivity contribution in [3.63, 3.8) is 0 Å². The topological polar surface area (TPSA) is 56.0 Å². The van der Waals surface area contributed by atoms with Gasteiger partial charge in [-0.15, -0.1) is 0 Å². The van der Waals surface area contributed by atoms with E-state index in [0.29, 0.717) is 0 Å². The molecule has 0 unspecified atom stereocenters.